The summed E-state index contributed by atoms with van der Waals surface area (Å²) in [5, 5.41) is 125. The Balaban J connectivity index is 7.82. The Morgan fingerprint density at radius 2 is 1.17 bits per heavy atom. The molecule has 0 aromatic heterocycles. The maximum absolute atomic E-state index is 13.1. The Bertz CT molecular complexity index is 765. The van der Waals surface area contributed by atoms with E-state index < -0.39 is 132 Å². The molecule has 0 aliphatic heterocycles. The molecule has 0 bridgehead atoms. The second kappa shape index (κ2) is 26.1. The smallest absolute Gasteiger partial charge is 0.133 e. The highest BCUT2D eigenvalue weighted by molar-refractivity contribution is 5.16. The largest absolute Gasteiger partial charge is 0.394 e. The average molecular weight is 711 g/mol. The number of hydrogen-bond acceptors (Lipinski definition) is 18. The molecule has 0 aromatic rings. The first-order chi connectivity index (χ1) is 22.8. The van der Waals surface area contributed by atoms with Gasteiger partial charge in [0.2, 0.25) is 0 Å². The number of aliphatic hydroxyl groups excluding tert-OH is 11. The molecule has 0 heterocycles. The predicted molar refractivity (Wildman–Crippen MR) is 167 cm³/mol. The molecule has 0 radical (unpaired) electrons. The van der Waals surface area contributed by atoms with Gasteiger partial charge in [-0.25, -0.2) is 0 Å². The van der Waals surface area contributed by atoms with E-state index in [2.05, 4.69) is 0 Å². The van der Waals surface area contributed by atoms with E-state index in [0.29, 0.717) is 0 Å². The van der Waals surface area contributed by atoms with Gasteiger partial charge in [-0.3, -0.25) is 0 Å². The van der Waals surface area contributed by atoms with E-state index in [4.69, 9.17) is 33.5 Å². The Labute approximate surface area is 282 Å². The van der Waals surface area contributed by atoms with Gasteiger partial charge < -0.3 is 89.7 Å². The first-order valence-corrected chi connectivity index (χ1v) is 16.2. The van der Waals surface area contributed by atoms with Gasteiger partial charge in [-0.2, -0.15) is 0 Å². The summed E-state index contributed by atoms with van der Waals surface area (Å²) in [5.41, 5.74) is -5.30. The summed E-state index contributed by atoms with van der Waals surface area (Å²) in [4.78, 5) is 0. The average Bonchev–Trinajstić information content (AvgIpc) is 3.07. The zero-order chi connectivity index (χ0) is 36.8. The molecular formula is C30H62O18. The molecule has 0 fully saturated rings. The van der Waals surface area contributed by atoms with E-state index in [1.807, 2.05) is 0 Å². The fourth-order valence-electron chi connectivity index (χ4n) is 5.49. The van der Waals surface area contributed by atoms with Crippen molar-refractivity contribution in [3.8, 4) is 0 Å². The quantitative estimate of drug-likeness (QED) is 0.0291. The Morgan fingerprint density at radius 1 is 0.583 bits per heavy atom. The molecule has 18 heteroatoms. The molecule has 0 aliphatic carbocycles. The van der Waals surface area contributed by atoms with E-state index in [1.165, 1.54) is 20.8 Å². The third kappa shape index (κ3) is 15.3. The number of hydrogen-bond donors (Lipinski definition) is 12. The van der Waals surface area contributed by atoms with Crippen LogP contribution in [0.15, 0.2) is 0 Å². The van der Waals surface area contributed by atoms with Crippen LogP contribution in [0.25, 0.3) is 0 Å². The van der Waals surface area contributed by atoms with Crippen LogP contribution in [0, 0.1) is 5.92 Å². The third-order valence-corrected chi connectivity index (χ3v) is 7.65. The maximum atomic E-state index is 13.1. The number of rotatable bonds is 32. The number of ether oxygens (including phenoxy) is 6. The monoisotopic (exact) mass is 710 g/mol. The highest BCUT2D eigenvalue weighted by Crippen LogP contribution is 2.48. The minimum Gasteiger partial charge on any atom is -0.394 e. The van der Waals surface area contributed by atoms with Crippen molar-refractivity contribution in [3.63, 3.8) is 0 Å². The van der Waals surface area contributed by atoms with Crippen LogP contribution in [-0.2, 0) is 28.4 Å². The third-order valence-electron chi connectivity index (χ3n) is 7.65. The van der Waals surface area contributed by atoms with E-state index >= 15 is 0 Å². The molecule has 0 aromatic carbocycles. The fourth-order valence-corrected chi connectivity index (χ4v) is 5.49. The van der Waals surface area contributed by atoms with Crippen LogP contribution < -0.4 is 0 Å². The first kappa shape index (κ1) is 47.3. The summed E-state index contributed by atoms with van der Waals surface area (Å²) >= 11 is 0. The molecule has 0 amide bonds. The molecule has 0 aliphatic rings. The van der Waals surface area contributed by atoms with Crippen molar-refractivity contribution in [2.75, 3.05) is 92.5 Å². The van der Waals surface area contributed by atoms with Crippen molar-refractivity contribution < 1.29 is 89.7 Å². The van der Waals surface area contributed by atoms with Crippen molar-refractivity contribution in [2.24, 2.45) is 5.92 Å². The van der Waals surface area contributed by atoms with E-state index in [9.17, 15) is 56.2 Å². The predicted octanol–water partition coefficient (Wildman–Crippen LogP) is -5.12. The van der Waals surface area contributed by atoms with Crippen molar-refractivity contribution in [3.05, 3.63) is 0 Å². The Hall–Kier alpha value is -0.720. The highest BCUT2D eigenvalue weighted by atomic mass is 16.6. The summed E-state index contributed by atoms with van der Waals surface area (Å²) in [6.07, 6.45) is -12.4. The van der Waals surface area contributed by atoms with Crippen LogP contribution in [0.3, 0.4) is 0 Å². The van der Waals surface area contributed by atoms with Gasteiger partial charge in [0.15, 0.2) is 0 Å². The normalized spacial score (nSPS) is 20.6. The van der Waals surface area contributed by atoms with Gasteiger partial charge in [0.05, 0.1) is 129 Å². The van der Waals surface area contributed by atoms with Gasteiger partial charge in [-0.05, 0) is 27.2 Å². The van der Waals surface area contributed by atoms with E-state index in [-0.39, 0.29) is 39.6 Å². The lowest BCUT2D eigenvalue weighted by molar-refractivity contribution is -0.326. The van der Waals surface area contributed by atoms with Gasteiger partial charge in [0.1, 0.15) is 23.4 Å². The standard InChI is InChI=1S/C30H62O18/c1-20(38)17-46-22(3)19-48-30(28(16-37)44-7-5-32,25(26(41)14-35)10-23(40)12-33)29(42,11-24(13-34)47-18-21(2)39)27(15-36)45-9-8-43-6-4-31/h20-28,31-42H,4-19H2,1-3H3. The molecule has 0 saturated carbocycles. The van der Waals surface area contributed by atoms with Gasteiger partial charge >= 0.3 is 0 Å². The summed E-state index contributed by atoms with van der Waals surface area (Å²) in [5.74, 6) is -1.67. The molecule has 48 heavy (non-hydrogen) atoms. The zero-order valence-corrected chi connectivity index (χ0v) is 28.3. The SMILES string of the molecule is CC(O)COC(C)COC(C(CO)OCCO)(C(CC(O)CO)C(O)CO)C(O)(CC(CO)OCC(C)O)C(CO)OCCOCCO. The summed E-state index contributed by atoms with van der Waals surface area (Å²) in [7, 11) is 0. The molecule has 12 N–H and O–H groups in total. The van der Waals surface area contributed by atoms with Crippen molar-refractivity contribution in [2.45, 2.75) is 93.6 Å². The molecular weight excluding hydrogens is 648 g/mol. The molecule has 11 atom stereocenters. The maximum Gasteiger partial charge on any atom is 0.133 e. The van der Waals surface area contributed by atoms with Crippen molar-refractivity contribution in [1.29, 1.82) is 0 Å². The summed E-state index contributed by atoms with van der Waals surface area (Å²) < 4.78 is 34.6. The minimum absolute atomic E-state index is 0.0556. The van der Waals surface area contributed by atoms with Crippen LogP contribution >= 0.6 is 0 Å². The zero-order valence-electron chi connectivity index (χ0n) is 28.3. The van der Waals surface area contributed by atoms with Crippen molar-refractivity contribution in [1.82, 2.24) is 0 Å². The molecule has 11 unspecified atom stereocenters. The van der Waals surface area contributed by atoms with Gasteiger partial charge in [0, 0.05) is 12.3 Å². The molecule has 18 nitrogen and oxygen atoms in total. The minimum atomic E-state index is -2.73. The fraction of sp³-hybridized carbons (Fsp3) is 1.00. The molecule has 0 saturated heterocycles. The second-order valence-corrected chi connectivity index (χ2v) is 11.8. The Kier molecular flexibility index (Phi) is 25.7. The van der Waals surface area contributed by atoms with Crippen LogP contribution in [0.5, 0.6) is 0 Å². The van der Waals surface area contributed by atoms with Crippen LogP contribution in [0.4, 0.5) is 0 Å². The van der Waals surface area contributed by atoms with E-state index in [1.54, 1.807) is 0 Å². The number of aliphatic hydroxyl groups is 12. The van der Waals surface area contributed by atoms with E-state index in [0.717, 1.165) is 0 Å². The lowest BCUT2D eigenvalue weighted by atomic mass is 9.62. The van der Waals surface area contributed by atoms with Crippen molar-refractivity contribution >= 4 is 0 Å². The second-order valence-electron chi connectivity index (χ2n) is 11.8. The topological polar surface area (TPSA) is 298 Å². The highest BCUT2D eigenvalue weighted by Gasteiger charge is 2.66. The van der Waals surface area contributed by atoms with Crippen LogP contribution in [-0.4, -0.2) is 214 Å². The summed E-state index contributed by atoms with van der Waals surface area (Å²) in [6, 6.07) is 0. The lowest BCUT2D eigenvalue weighted by Gasteiger charge is -2.58. The molecule has 0 rings (SSSR count). The first-order valence-electron chi connectivity index (χ1n) is 16.2. The molecule has 290 valence electrons. The molecule has 0 spiro atoms. The Morgan fingerprint density at radius 3 is 1.67 bits per heavy atom. The lowest BCUT2D eigenvalue weighted by Crippen LogP contribution is -2.76. The van der Waals surface area contributed by atoms with Crippen LogP contribution in [0.1, 0.15) is 33.6 Å². The summed E-state index contributed by atoms with van der Waals surface area (Å²) in [6.45, 7) is -2.98. The van der Waals surface area contributed by atoms with Gasteiger partial charge in [0.25, 0.3) is 0 Å². The van der Waals surface area contributed by atoms with Gasteiger partial charge in [-0.1, -0.05) is 0 Å². The van der Waals surface area contributed by atoms with Gasteiger partial charge in [-0.15, -0.1) is 0 Å². The van der Waals surface area contributed by atoms with Crippen LogP contribution in [0.2, 0.25) is 0 Å².